The summed E-state index contributed by atoms with van der Waals surface area (Å²) < 4.78 is 0. The van der Waals surface area contributed by atoms with E-state index in [1.807, 2.05) is 62.4 Å². The SMILES string of the molecule is Cc1ccccc1C1c2ccccc2C(C)C(C(=O)O)C1C(=O)O. The van der Waals surface area contributed by atoms with Crippen molar-refractivity contribution in [2.24, 2.45) is 11.8 Å². The fourth-order valence-electron chi connectivity index (χ4n) is 4.07. The minimum absolute atomic E-state index is 0.347. The summed E-state index contributed by atoms with van der Waals surface area (Å²) in [5.41, 5.74) is 3.71. The molecule has 2 aromatic rings. The Kier molecular flexibility index (Phi) is 4.14. The zero-order valence-electron chi connectivity index (χ0n) is 13.6. The van der Waals surface area contributed by atoms with Crippen LogP contribution in [0.2, 0.25) is 0 Å². The second-order valence-corrected chi connectivity index (χ2v) is 6.48. The molecule has 4 nitrogen and oxygen atoms in total. The monoisotopic (exact) mass is 324 g/mol. The van der Waals surface area contributed by atoms with Gasteiger partial charge in [-0.25, -0.2) is 0 Å². The van der Waals surface area contributed by atoms with Crippen molar-refractivity contribution in [1.82, 2.24) is 0 Å². The fraction of sp³-hybridized carbons (Fsp3) is 0.300. The zero-order chi connectivity index (χ0) is 17.4. The fourth-order valence-corrected chi connectivity index (χ4v) is 4.07. The Labute approximate surface area is 140 Å². The van der Waals surface area contributed by atoms with Crippen molar-refractivity contribution in [1.29, 1.82) is 0 Å². The number of fused-ring (bicyclic) bond motifs is 1. The number of carboxylic acid groups (broad SMARTS) is 2. The molecule has 4 unspecified atom stereocenters. The Morgan fingerprint density at radius 3 is 1.83 bits per heavy atom. The van der Waals surface area contributed by atoms with Crippen LogP contribution in [-0.4, -0.2) is 22.2 Å². The van der Waals surface area contributed by atoms with Gasteiger partial charge in [-0.05, 0) is 35.1 Å². The standard InChI is InChI=1S/C20H20O4/c1-11-7-3-4-8-13(11)17-15-10-6-5-9-14(15)12(2)16(19(21)22)18(17)20(23)24/h3-10,12,16-18H,1-2H3,(H,21,22)(H,23,24). The molecule has 0 amide bonds. The van der Waals surface area contributed by atoms with Crippen LogP contribution in [-0.2, 0) is 9.59 Å². The van der Waals surface area contributed by atoms with Crippen LogP contribution in [0, 0.1) is 18.8 Å². The average molecular weight is 324 g/mol. The molecule has 0 saturated carbocycles. The molecule has 0 heterocycles. The molecule has 24 heavy (non-hydrogen) atoms. The highest BCUT2D eigenvalue weighted by atomic mass is 16.4. The average Bonchev–Trinajstić information content (AvgIpc) is 2.55. The second-order valence-electron chi connectivity index (χ2n) is 6.48. The third kappa shape index (κ3) is 2.48. The molecular weight excluding hydrogens is 304 g/mol. The molecule has 0 spiro atoms. The third-order valence-corrected chi connectivity index (χ3v) is 5.20. The molecule has 2 N–H and O–H groups in total. The van der Waals surface area contributed by atoms with Gasteiger partial charge >= 0.3 is 11.9 Å². The maximum absolute atomic E-state index is 12.1. The molecule has 1 aliphatic rings. The quantitative estimate of drug-likeness (QED) is 0.904. The summed E-state index contributed by atoms with van der Waals surface area (Å²) in [5, 5.41) is 19.6. The van der Waals surface area contributed by atoms with Crippen LogP contribution < -0.4 is 0 Å². The van der Waals surface area contributed by atoms with Crippen molar-refractivity contribution in [2.75, 3.05) is 0 Å². The number of benzene rings is 2. The predicted molar refractivity (Wildman–Crippen MR) is 90.1 cm³/mol. The van der Waals surface area contributed by atoms with Gasteiger partial charge < -0.3 is 10.2 Å². The number of hydrogen-bond acceptors (Lipinski definition) is 2. The summed E-state index contributed by atoms with van der Waals surface area (Å²) in [6.07, 6.45) is 0. The molecule has 4 heteroatoms. The van der Waals surface area contributed by atoms with Gasteiger partial charge in [0.15, 0.2) is 0 Å². The summed E-state index contributed by atoms with van der Waals surface area (Å²) in [7, 11) is 0. The molecule has 3 rings (SSSR count). The molecule has 124 valence electrons. The zero-order valence-corrected chi connectivity index (χ0v) is 13.6. The van der Waals surface area contributed by atoms with Gasteiger partial charge in [-0.15, -0.1) is 0 Å². The van der Waals surface area contributed by atoms with Gasteiger partial charge in [0.25, 0.3) is 0 Å². The largest absolute Gasteiger partial charge is 0.481 e. The van der Waals surface area contributed by atoms with Crippen LogP contribution in [0.15, 0.2) is 48.5 Å². The number of carboxylic acids is 2. The number of rotatable bonds is 3. The molecule has 0 saturated heterocycles. The molecule has 0 bridgehead atoms. The van der Waals surface area contributed by atoms with Gasteiger partial charge in [0, 0.05) is 5.92 Å². The highest BCUT2D eigenvalue weighted by molar-refractivity contribution is 5.83. The van der Waals surface area contributed by atoms with Crippen LogP contribution in [0.1, 0.15) is 41.0 Å². The lowest BCUT2D eigenvalue weighted by Crippen LogP contribution is -2.42. The molecule has 2 aromatic carbocycles. The Bertz CT molecular complexity index is 796. The van der Waals surface area contributed by atoms with E-state index in [0.29, 0.717) is 0 Å². The van der Waals surface area contributed by atoms with Gasteiger partial charge in [0.2, 0.25) is 0 Å². The molecule has 0 radical (unpaired) electrons. The summed E-state index contributed by atoms with van der Waals surface area (Å²) in [6.45, 7) is 3.74. The molecule has 4 atom stereocenters. The summed E-state index contributed by atoms with van der Waals surface area (Å²) in [5.74, 6) is -4.87. The number of aryl methyl sites for hydroxylation is 1. The van der Waals surface area contributed by atoms with E-state index in [-0.39, 0.29) is 5.92 Å². The van der Waals surface area contributed by atoms with Crippen molar-refractivity contribution in [2.45, 2.75) is 25.7 Å². The molecule has 0 aromatic heterocycles. The Morgan fingerprint density at radius 2 is 1.29 bits per heavy atom. The molecular formula is C20H20O4. The van der Waals surface area contributed by atoms with Gasteiger partial charge in [0.1, 0.15) is 0 Å². The molecule has 0 aliphatic heterocycles. The van der Waals surface area contributed by atoms with E-state index < -0.39 is 29.7 Å². The number of aliphatic carboxylic acids is 2. The van der Waals surface area contributed by atoms with E-state index >= 15 is 0 Å². The first-order chi connectivity index (χ1) is 11.4. The maximum atomic E-state index is 12.1. The van der Waals surface area contributed by atoms with E-state index in [1.54, 1.807) is 0 Å². The maximum Gasteiger partial charge on any atom is 0.308 e. The van der Waals surface area contributed by atoms with Crippen molar-refractivity contribution >= 4 is 11.9 Å². The van der Waals surface area contributed by atoms with E-state index in [1.165, 1.54) is 0 Å². The molecule has 1 aliphatic carbocycles. The van der Waals surface area contributed by atoms with Crippen LogP contribution in [0.3, 0.4) is 0 Å². The normalized spacial score (nSPS) is 25.8. The number of carbonyl (C=O) groups is 2. The van der Waals surface area contributed by atoms with E-state index in [9.17, 15) is 19.8 Å². The summed E-state index contributed by atoms with van der Waals surface area (Å²) >= 11 is 0. The third-order valence-electron chi connectivity index (χ3n) is 5.20. The van der Waals surface area contributed by atoms with Crippen molar-refractivity contribution in [3.05, 3.63) is 70.8 Å². The highest BCUT2D eigenvalue weighted by Gasteiger charge is 2.49. The van der Waals surface area contributed by atoms with Crippen molar-refractivity contribution in [3.8, 4) is 0 Å². The molecule has 0 fully saturated rings. The van der Waals surface area contributed by atoms with Gasteiger partial charge in [-0.3, -0.25) is 9.59 Å². The van der Waals surface area contributed by atoms with Gasteiger partial charge in [-0.2, -0.15) is 0 Å². The first kappa shape index (κ1) is 16.2. The smallest absolute Gasteiger partial charge is 0.308 e. The van der Waals surface area contributed by atoms with Crippen LogP contribution >= 0.6 is 0 Å². The first-order valence-electron chi connectivity index (χ1n) is 8.03. The highest BCUT2D eigenvalue weighted by Crippen LogP contribution is 2.49. The van der Waals surface area contributed by atoms with Gasteiger partial charge in [0.05, 0.1) is 11.8 Å². The minimum atomic E-state index is -1.06. The summed E-state index contributed by atoms with van der Waals surface area (Å²) in [4.78, 5) is 23.9. The minimum Gasteiger partial charge on any atom is -0.481 e. The lowest BCUT2D eigenvalue weighted by atomic mass is 9.62. The van der Waals surface area contributed by atoms with E-state index in [0.717, 1.165) is 22.3 Å². The number of hydrogen-bond donors (Lipinski definition) is 2. The van der Waals surface area contributed by atoms with Crippen LogP contribution in [0.25, 0.3) is 0 Å². The van der Waals surface area contributed by atoms with E-state index in [2.05, 4.69) is 0 Å². The van der Waals surface area contributed by atoms with Crippen LogP contribution in [0.4, 0.5) is 0 Å². The topological polar surface area (TPSA) is 74.6 Å². The lowest BCUT2D eigenvalue weighted by molar-refractivity contribution is -0.155. The second kappa shape index (κ2) is 6.11. The van der Waals surface area contributed by atoms with Crippen LogP contribution in [0.5, 0.6) is 0 Å². The Hall–Kier alpha value is -2.62. The van der Waals surface area contributed by atoms with E-state index in [4.69, 9.17) is 0 Å². The first-order valence-corrected chi connectivity index (χ1v) is 8.03. The lowest BCUT2D eigenvalue weighted by Gasteiger charge is -2.40. The van der Waals surface area contributed by atoms with Crippen molar-refractivity contribution in [3.63, 3.8) is 0 Å². The summed E-state index contributed by atoms with van der Waals surface area (Å²) in [6, 6.07) is 15.2. The van der Waals surface area contributed by atoms with Gasteiger partial charge in [-0.1, -0.05) is 55.5 Å². The Morgan fingerprint density at radius 1 is 0.792 bits per heavy atom. The predicted octanol–water partition coefficient (Wildman–Crippen LogP) is 3.65. The van der Waals surface area contributed by atoms with Crippen molar-refractivity contribution < 1.29 is 19.8 Å². The Balaban J connectivity index is 2.30.